The van der Waals surface area contributed by atoms with Crippen LogP contribution >= 0.6 is 12.6 Å². The molecule has 10 nitrogen and oxygen atoms in total. The fourth-order valence-corrected chi connectivity index (χ4v) is 2.62. The first kappa shape index (κ1) is 27.1. The van der Waals surface area contributed by atoms with Gasteiger partial charge >= 0.3 is 5.97 Å². The van der Waals surface area contributed by atoms with Crippen LogP contribution in [0.2, 0.25) is 0 Å². The number of carbonyl (C=O) groups excluding carboxylic acids is 3. The Morgan fingerprint density at radius 1 is 0.897 bits per heavy atom. The molecule has 29 heavy (non-hydrogen) atoms. The van der Waals surface area contributed by atoms with Crippen LogP contribution in [0.4, 0.5) is 0 Å². The lowest BCUT2D eigenvalue weighted by atomic mass is 9.96. The Labute approximate surface area is 176 Å². The molecule has 168 valence electrons. The number of nitrogens with two attached hydrogens (primary N) is 1. The summed E-state index contributed by atoms with van der Waals surface area (Å²) in [5, 5.41) is 26.1. The molecule has 0 saturated carbocycles. The predicted molar refractivity (Wildman–Crippen MR) is 111 cm³/mol. The van der Waals surface area contributed by atoms with Gasteiger partial charge in [0.2, 0.25) is 17.7 Å². The lowest BCUT2D eigenvalue weighted by molar-refractivity contribution is -0.145. The fraction of sp³-hybridized carbons (Fsp3) is 0.778. The molecule has 0 bridgehead atoms. The number of carboxylic acids is 1. The van der Waals surface area contributed by atoms with Crippen LogP contribution in [-0.4, -0.2) is 69.9 Å². The van der Waals surface area contributed by atoms with Crippen molar-refractivity contribution in [2.75, 3.05) is 5.75 Å². The molecule has 6 unspecified atom stereocenters. The Kier molecular flexibility index (Phi) is 11.8. The summed E-state index contributed by atoms with van der Waals surface area (Å²) in [5.41, 5.74) is 5.63. The second-order valence-electron chi connectivity index (χ2n) is 7.46. The summed E-state index contributed by atoms with van der Waals surface area (Å²) in [7, 11) is 0. The molecule has 0 saturated heterocycles. The van der Waals surface area contributed by atoms with E-state index < -0.39 is 54.0 Å². The standard InChI is InChI=1S/C18H34N4O6S/c1-6-9(4)13(17(26)22-14(10(5)23)18(27)28)21-16(25)12(8(2)3)20-15(24)11(19)7-29/h8-14,23,29H,6-7,19H2,1-5H3,(H,20,24)(H,21,25)(H,22,26)(H,27,28). The van der Waals surface area contributed by atoms with Gasteiger partial charge in [0.1, 0.15) is 12.1 Å². The number of carboxylic acid groups (broad SMARTS) is 1. The van der Waals surface area contributed by atoms with Crippen molar-refractivity contribution in [3.63, 3.8) is 0 Å². The first-order chi connectivity index (χ1) is 13.4. The Morgan fingerprint density at radius 3 is 1.72 bits per heavy atom. The van der Waals surface area contributed by atoms with Crippen LogP contribution in [0.3, 0.4) is 0 Å². The second kappa shape index (κ2) is 12.7. The fourth-order valence-electron chi connectivity index (χ4n) is 2.45. The van der Waals surface area contributed by atoms with Crippen molar-refractivity contribution in [1.82, 2.24) is 16.0 Å². The molecule has 0 aromatic rings. The number of hydrogen-bond acceptors (Lipinski definition) is 7. The maximum atomic E-state index is 12.8. The number of aliphatic hydroxyl groups excluding tert-OH is 1. The zero-order chi connectivity index (χ0) is 22.9. The lowest BCUT2D eigenvalue weighted by Crippen LogP contribution is -2.60. The highest BCUT2D eigenvalue weighted by Gasteiger charge is 2.34. The maximum Gasteiger partial charge on any atom is 0.328 e. The van der Waals surface area contributed by atoms with E-state index in [-0.39, 0.29) is 17.6 Å². The first-order valence-corrected chi connectivity index (χ1v) is 10.2. The number of amides is 3. The van der Waals surface area contributed by atoms with Crippen molar-refractivity contribution >= 4 is 36.3 Å². The monoisotopic (exact) mass is 434 g/mol. The van der Waals surface area contributed by atoms with Crippen molar-refractivity contribution < 1.29 is 29.4 Å². The van der Waals surface area contributed by atoms with Gasteiger partial charge in [-0.15, -0.1) is 0 Å². The third-order valence-corrected chi connectivity index (χ3v) is 5.01. The second-order valence-corrected chi connectivity index (χ2v) is 7.82. The average Bonchev–Trinajstić information content (AvgIpc) is 2.65. The molecule has 6 atom stereocenters. The molecule has 0 aliphatic heterocycles. The van der Waals surface area contributed by atoms with Gasteiger partial charge in [0.25, 0.3) is 0 Å². The molecule has 0 fully saturated rings. The van der Waals surface area contributed by atoms with Crippen LogP contribution in [0.5, 0.6) is 0 Å². The molecule has 0 aliphatic carbocycles. The molecule has 0 aliphatic rings. The van der Waals surface area contributed by atoms with Gasteiger partial charge in [0, 0.05) is 5.75 Å². The topological polar surface area (TPSA) is 171 Å². The summed E-state index contributed by atoms with van der Waals surface area (Å²) in [6, 6.07) is -4.40. The van der Waals surface area contributed by atoms with E-state index in [1.165, 1.54) is 6.92 Å². The first-order valence-electron chi connectivity index (χ1n) is 9.55. The lowest BCUT2D eigenvalue weighted by Gasteiger charge is -2.29. The van der Waals surface area contributed by atoms with E-state index in [0.29, 0.717) is 6.42 Å². The Morgan fingerprint density at radius 2 is 1.34 bits per heavy atom. The van der Waals surface area contributed by atoms with E-state index >= 15 is 0 Å². The Bertz CT molecular complexity index is 587. The van der Waals surface area contributed by atoms with Crippen LogP contribution in [-0.2, 0) is 19.2 Å². The van der Waals surface area contributed by atoms with E-state index in [9.17, 15) is 24.3 Å². The van der Waals surface area contributed by atoms with E-state index in [4.69, 9.17) is 10.8 Å². The largest absolute Gasteiger partial charge is 0.480 e. The molecule has 7 N–H and O–H groups in total. The summed E-state index contributed by atoms with van der Waals surface area (Å²) in [6.07, 6.45) is -0.802. The number of aliphatic hydroxyl groups is 1. The minimum absolute atomic E-state index is 0.103. The summed E-state index contributed by atoms with van der Waals surface area (Å²) < 4.78 is 0. The molecule has 11 heteroatoms. The normalized spacial score (nSPS) is 17.4. The molecular weight excluding hydrogens is 400 g/mol. The summed E-state index contributed by atoms with van der Waals surface area (Å²) in [5.74, 6) is -3.78. The molecule has 3 amide bonds. The van der Waals surface area contributed by atoms with Gasteiger partial charge in [0.15, 0.2) is 6.04 Å². The van der Waals surface area contributed by atoms with Crippen molar-refractivity contribution in [3.8, 4) is 0 Å². The number of rotatable bonds is 12. The van der Waals surface area contributed by atoms with Gasteiger partial charge in [-0.2, -0.15) is 12.6 Å². The molecule has 0 heterocycles. The van der Waals surface area contributed by atoms with E-state index in [2.05, 4.69) is 28.6 Å². The van der Waals surface area contributed by atoms with Gasteiger partial charge in [-0.25, -0.2) is 4.79 Å². The van der Waals surface area contributed by atoms with Crippen molar-refractivity contribution in [2.24, 2.45) is 17.6 Å². The summed E-state index contributed by atoms with van der Waals surface area (Å²) in [4.78, 5) is 48.7. The molecule has 0 rings (SSSR count). The zero-order valence-corrected chi connectivity index (χ0v) is 18.4. The molecule has 0 radical (unpaired) electrons. The van der Waals surface area contributed by atoms with Crippen LogP contribution in [0.15, 0.2) is 0 Å². The highest BCUT2D eigenvalue weighted by atomic mass is 32.1. The average molecular weight is 435 g/mol. The minimum Gasteiger partial charge on any atom is -0.480 e. The van der Waals surface area contributed by atoms with Gasteiger partial charge in [0.05, 0.1) is 12.1 Å². The van der Waals surface area contributed by atoms with E-state index in [1.807, 2.05) is 6.92 Å². The number of carbonyl (C=O) groups is 4. The minimum atomic E-state index is -1.51. The summed E-state index contributed by atoms with van der Waals surface area (Å²) >= 11 is 3.96. The number of hydrogen-bond donors (Lipinski definition) is 7. The van der Waals surface area contributed by atoms with Gasteiger partial charge in [-0.3, -0.25) is 14.4 Å². The van der Waals surface area contributed by atoms with Crippen molar-refractivity contribution in [1.29, 1.82) is 0 Å². The Hall–Kier alpha value is -1.85. The van der Waals surface area contributed by atoms with Crippen LogP contribution in [0.25, 0.3) is 0 Å². The number of nitrogens with one attached hydrogen (secondary N) is 3. The van der Waals surface area contributed by atoms with Crippen molar-refractivity contribution in [3.05, 3.63) is 0 Å². The van der Waals surface area contributed by atoms with Crippen LogP contribution < -0.4 is 21.7 Å². The molecule has 0 spiro atoms. The maximum absolute atomic E-state index is 12.8. The third kappa shape index (κ3) is 8.58. The van der Waals surface area contributed by atoms with E-state index in [1.54, 1.807) is 20.8 Å². The SMILES string of the molecule is CCC(C)C(NC(=O)C(NC(=O)C(N)CS)C(C)C)C(=O)NC(C(=O)O)C(C)O. The predicted octanol–water partition coefficient (Wildman–Crippen LogP) is -1.13. The summed E-state index contributed by atoms with van der Waals surface area (Å²) in [6.45, 7) is 8.23. The van der Waals surface area contributed by atoms with E-state index in [0.717, 1.165) is 0 Å². The number of aliphatic carboxylic acids is 1. The highest BCUT2D eigenvalue weighted by molar-refractivity contribution is 7.80. The highest BCUT2D eigenvalue weighted by Crippen LogP contribution is 2.11. The zero-order valence-electron chi connectivity index (χ0n) is 17.5. The van der Waals surface area contributed by atoms with Gasteiger partial charge in [-0.05, 0) is 18.8 Å². The Balaban J connectivity index is 5.46. The van der Waals surface area contributed by atoms with Crippen LogP contribution in [0, 0.1) is 11.8 Å². The third-order valence-electron chi connectivity index (χ3n) is 4.62. The van der Waals surface area contributed by atoms with Crippen molar-refractivity contribution in [2.45, 2.75) is 71.3 Å². The molecular formula is C18H34N4O6S. The van der Waals surface area contributed by atoms with Gasteiger partial charge in [-0.1, -0.05) is 34.1 Å². The number of thiol groups is 1. The smallest absolute Gasteiger partial charge is 0.328 e. The quantitative estimate of drug-likeness (QED) is 0.190. The molecule has 0 aromatic heterocycles. The molecule has 0 aromatic carbocycles. The van der Waals surface area contributed by atoms with Gasteiger partial charge < -0.3 is 31.9 Å². The van der Waals surface area contributed by atoms with Crippen LogP contribution in [0.1, 0.15) is 41.0 Å².